The van der Waals surface area contributed by atoms with Crippen molar-refractivity contribution < 1.29 is 13.2 Å². The van der Waals surface area contributed by atoms with Gasteiger partial charge >= 0.3 is 6.18 Å². The Bertz CT molecular complexity index is 229. The third-order valence-electron chi connectivity index (χ3n) is 0.890. The molecule has 0 aliphatic carbocycles. The summed E-state index contributed by atoms with van der Waals surface area (Å²) in [6, 6.07) is 0.923. The van der Waals surface area contributed by atoms with E-state index in [1.54, 1.807) is 0 Å². The zero-order chi connectivity index (χ0) is 7.78. The lowest BCUT2D eigenvalue weighted by Gasteiger charge is -2.03. The van der Waals surface area contributed by atoms with Gasteiger partial charge in [-0.15, -0.1) is 0 Å². The van der Waals surface area contributed by atoms with Gasteiger partial charge in [-0.25, -0.2) is 0 Å². The lowest BCUT2D eigenvalue weighted by atomic mass is 10.4. The average molecular weight is 262 g/mol. The standard InChI is InChI=1S/C4H2F3IN2/c5-4(6,7)3-1-2-9-10(3)8/h1-2H. The summed E-state index contributed by atoms with van der Waals surface area (Å²) in [5.41, 5.74) is -0.743. The van der Waals surface area contributed by atoms with Crippen LogP contribution in [0.15, 0.2) is 12.3 Å². The fourth-order valence-corrected chi connectivity index (χ4v) is 1.06. The molecule has 0 unspecified atom stereocenters. The molecule has 0 saturated heterocycles. The molecule has 1 rings (SSSR count). The molecule has 1 aromatic heterocycles. The van der Waals surface area contributed by atoms with Gasteiger partial charge in [0.1, 0.15) is 0 Å². The van der Waals surface area contributed by atoms with E-state index in [1.165, 1.54) is 22.9 Å². The van der Waals surface area contributed by atoms with Crippen molar-refractivity contribution in [3.8, 4) is 0 Å². The van der Waals surface area contributed by atoms with Crippen LogP contribution in [0.25, 0.3) is 0 Å². The molecule has 0 amide bonds. The molecule has 0 atom stereocenters. The van der Waals surface area contributed by atoms with Gasteiger partial charge in [-0.3, -0.25) is 0 Å². The van der Waals surface area contributed by atoms with E-state index < -0.39 is 11.9 Å². The van der Waals surface area contributed by atoms with Crippen molar-refractivity contribution in [2.75, 3.05) is 0 Å². The Balaban J connectivity index is 3.05. The molecular formula is C4H2F3IN2. The average Bonchev–Trinajstić information content (AvgIpc) is 2.11. The van der Waals surface area contributed by atoms with Crippen LogP contribution in [0, 0.1) is 0 Å². The highest BCUT2D eigenvalue weighted by atomic mass is 127. The summed E-state index contributed by atoms with van der Waals surface area (Å²) < 4.78 is 36.2. The first kappa shape index (κ1) is 7.83. The number of alkyl halides is 3. The molecule has 0 aromatic carbocycles. The maximum atomic E-state index is 11.8. The molecule has 6 heteroatoms. The van der Waals surface area contributed by atoms with Crippen molar-refractivity contribution in [2.24, 2.45) is 0 Å². The molecule has 10 heavy (non-hydrogen) atoms. The summed E-state index contributed by atoms with van der Waals surface area (Å²) in [6.45, 7) is 0. The summed E-state index contributed by atoms with van der Waals surface area (Å²) in [5.74, 6) is 0. The Labute approximate surface area is 68.5 Å². The van der Waals surface area contributed by atoms with Gasteiger partial charge in [-0.05, 0) is 6.07 Å². The summed E-state index contributed by atoms with van der Waals surface area (Å²) in [5, 5.41) is 3.37. The van der Waals surface area contributed by atoms with Crippen LogP contribution in [0.2, 0.25) is 0 Å². The number of hydrogen-bond acceptors (Lipinski definition) is 1. The second kappa shape index (κ2) is 2.40. The van der Waals surface area contributed by atoms with Gasteiger partial charge < -0.3 is 0 Å². The quantitative estimate of drug-likeness (QED) is 0.654. The Hall–Kier alpha value is -0.270. The van der Waals surface area contributed by atoms with Crippen molar-refractivity contribution in [3.63, 3.8) is 0 Å². The molecule has 56 valence electrons. The molecule has 0 aliphatic rings. The van der Waals surface area contributed by atoms with Crippen molar-refractivity contribution >= 4 is 22.9 Å². The fraction of sp³-hybridized carbons (Fsp3) is 0.250. The van der Waals surface area contributed by atoms with Gasteiger partial charge in [0.2, 0.25) is 0 Å². The molecule has 2 nitrogen and oxygen atoms in total. The minimum atomic E-state index is -4.29. The zero-order valence-electron chi connectivity index (χ0n) is 4.56. The first-order valence-electron chi connectivity index (χ1n) is 2.29. The minimum Gasteiger partial charge on any atom is -0.199 e. The Kier molecular flexibility index (Phi) is 1.88. The lowest BCUT2D eigenvalue weighted by molar-refractivity contribution is -0.141. The maximum Gasteiger partial charge on any atom is 0.433 e. The molecule has 1 heterocycles. The zero-order valence-corrected chi connectivity index (χ0v) is 6.72. The lowest BCUT2D eigenvalue weighted by Crippen LogP contribution is -2.08. The molecular weight excluding hydrogens is 260 g/mol. The fourth-order valence-electron chi connectivity index (χ4n) is 0.485. The van der Waals surface area contributed by atoms with E-state index in [-0.39, 0.29) is 0 Å². The second-order valence-corrected chi connectivity index (χ2v) is 2.49. The Morgan fingerprint density at radius 3 is 2.30 bits per heavy atom. The second-order valence-electron chi connectivity index (χ2n) is 1.57. The Morgan fingerprint density at radius 1 is 1.50 bits per heavy atom. The molecule has 0 N–H and O–H groups in total. The van der Waals surface area contributed by atoms with Gasteiger partial charge in [0.15, 0.2) is 5.69 Å². The van der Waals surface area contributed by atoms with E-state index >= 15 is 0 Å². The maximum absolute atomic E-state index is 11.8. The molecule has 0 bridgehead atoms. The summed E-state index contributed by atoms with van der Waals surface area (Å²) in [7, 11) is 0. The third-order valence-corrected chi connectivity index (χ3v) is 1.66. The number of aromatic nitrogens is 2. The Morgan fingerprint density at radius 2 is 2.10 bits per heavy atom. The molecule has 0 radical (unpaired) electrons. The predicted octanol–water partition coefficient (Wildman–Crippen LogP) is 2.10. The van der Waals surface area contributed by atoms with Crippen LogP contribution >= 0.6 is 22.9 Å². The highest BCUT2D eigenvalue weighted by Crippen LogP contribution is 2.29. The molecule has 1 aromatic rings. The van der Waals surface area contributed by atoms with Crippen molar-refractivity contribution in [3.05, 3.63) is 18.0 Å². The van der Waals surface area contributed by atoms with Crippen LogP contribution in [-0.2, 0) is 6.18 Å². The van der Waals surface area contributed by atoms with E-state index in [2.05, 4.69) is 5.10 Å². The first-order chi connectivity index (χ1) is 4.52. The van der Waals surface area contributed by atoms with E-state index in [9.17, 15) is 13.2 Å². The highest BCUT2D eigenvalue weighted by molar-refractivity contribution is 14.1. The predicted molar refractivity (Wildman–Crippen MR) is 36.6 cm³/mol. The largest absolute Gasteiger partial charge is 0.433 e. The van der Waals surface area contributed by atoms with Crippen molar-refractivity contribution in [2.45, 2.75) is 6.18 Å². The topological polar surface area (TPSA) is 17.8 Å². The van der Waals surface area contributed by atoms with Crippen LogP contribution in [0.5, 0.6) is 0 Å². The smallest absolute Gasteiger partial charge is 0.199 e. The van der Waals surface area contributed by atoms with E-state index in [0.29, 0.717) is 0 Å². The first-order valence-corrected chi connectivity index (χ1v) is 3.25. The van der Waals surface area contributed by atoms with Crippen molar-refractivity contribution in [1.82, 2.24) is 7.99 Å². The highest BCUT2D eigenvalue weighted by Gasteiger charge is 2.34. The molecule has 0 spiro atoms. The van der Waals surface area contributed by atoms with Crippen LogP contribution in [0.4, 0.5) is 13.2 Å². The van der Waals surface area contributed by atoms with Gasteiger partial charge in [0.25, 0.3) is 0 Å². The van der Waals surface area contributed by atoms with Crippen LogP contribution in [0.3, 0.4) is 0 Å². The summed E-state index contributed by atoms with van der Waals surface area (Å²) in [4.78, 5) is 0. The van der Waals surface area contributed by atoms with Crippen molar-refractivity contribution in [1.29, 1.82) is 0 Å². The summed E-state index contributed by atoms with van der Waals surface area (Å²) in [6.07, 6.45) is -3.19. The minimum absolute atomic E-state index is 0.743. The normalized spacial score (nSPS) is 12.0. The number of nitrogens with zero attached hydrogens (tertiary/aromatic N) is 2. The summed E-state index contributed by atoms with van der Waals surface area (Å²) >= 11 is 1.47. The van der Waals surface area contributed by atoms with Gasteiger partial charge in [0.05, 0.1) is 29.1 Å². The van der Waals surface area contributed by atoms with Gasteiger partial charge in [-0.1, -0.05) is 0 Å². The van der Waals surface area contributed by atoms with E-state index in [0.717, 1.165) is 15.2 Å². The molecule has 0 fully saturated rings. The van der Waals surface area contributed by atoms with Crippen LogP contribution in [-0.4, -0.2) is 7.99 Å². The molecule has 0 saturated carbocycles. The monoisotopic (exact) mass is 262 g/mol. The third kappa shape index (κ3) is 1.41. The van der Waals surface area contributed by atoms with E-state index in [4.69, 9.17) is 0 Å². The van der Waals surface area contributed by atoms with Gasteiger partial charge in [-0.2, -0.15) is 21.2 Å². The van der Waals surface area contributed by atoms with Crippen LogP contribution < -0.4 is 0 Å². The number of halogens is 4. The SMILES string of the molecule is FC(F)(F)c1ccnn1I. The van der Waals surface area contributed by atoms with E-state index in [1.807, 2.05) is 0 Å². The van der Waals surface area contributed by atoms with Crippen LogP contribution in [0.1, 0.15) is 5.69 Å². The number of rotatable bonds is 0. The van der Waals surface area contributed by atoms with Gasteiger partial charge in [0, 0.05) is 0 Å². The number of hydrogen-bond donors (Lipinski definition) is 0. The molecule has 0 aliphatic heterocycles.